The van der Waals surface area contributed by atoms with Crippen molar-refractivity contribution in [3.63, 3.8) is 0 Å². The highest BCUT2D eigenvalue weighted by molar-refractivity contribution is 7.99. The molecule has 1 atom stereocenters. The number of hydrogen-bond acceptors (Lipinski definition) is 4. The SMILES string of the molecule is C=CCn1c(SCC(=O)NC2CCCc3ccccc32)nc2cc(Cl)ccc2c1=O. The average Bonchev–Trinajstić information content (AvgIpc) is 2.74. The standard InChI is InChI=1S/C23H22ClN3O2S/c1-2-12-27-22(29)18-11-10-16(24)13-20(18)26-23(27)30-14-21(28)25-19-9-5-7-15-6-3-4-8-17(15)19/h2-4,6,8,10-11,13,19H,1,5,7,9,12,14H2,(H,25,28). The molecule has 1 N–H and O–H groups in total. The van der Waals surface area contributed by atoms with Crippen molar-refractivity contribution in [1.82, 2.24) is 14.9 Å². The first-order valence-electron chi connectivity index (χ1n) is 9.88. The van der Waals surface area contributed by atoms with Crippen LogP contribution in [-0.4, -0.2) is 21.2 Å². The molecule has 0 spiro atoms. The Balaban J connectivity index is 1.53. The molecule has 30 heavy (non-hydrogen) atoms. The van der Waals surface area contributed by atoms with E-state index in [4.69, 9.17) is 11.6 Å². The Bertz CT molecular complexity index is 1170. The van der Waals surface area contributed by atoms with Crippen molar-refractivity contribution in [2.24, 2.45) is 0 Å². The van der Waals surface area contributed by atoms with Crippen molar-refractivity contribution < 1.29 is 4.79 Å². The lowest BCUT2D eigenvalue weighted by Crippen LogP contribution is -2.32. The van der Waals surface area contributed by atoms with Crippen LogP contribution < -0.4 is 10.9 Å². The second-order valence-corrected chi connectivity index (χ2v) is 8.64. The molecule has 0 saturated heterocycles. The highest BCUT2D eigenvalue weighted by atomic mass is 35.5. The summed E-state index contributed by atoms with van der Waals surface area (Å²) in [4.78, 5) is 30.1. The van der Waals surface area contributed by atoms with Crippen molar-refractivity contribution in [1.29, 1.82) is 0 Å². The van der Waals surface area contributed by atoms with Crippen LogP contribution in [0.4, 0.5) is 0 Å². The lowest BCUT2D eigenvalue weighted by Gasteiger charge is -2.26. The molecular weight excluding hydrogens is 418 g/mol. The molecule has 0 bridgehead atoms. The van der Waals surface area contributed by atoms with Crippen LogP contribution in [0.3, 0.4) is 0 Å². The van der Waals surface area contributed by atoms with Gasteiger partial charge < -0.3 is 5.32 Å². The number of rotatable bonds is 6. The largest absolute Gasteiger partial charge is 0.349 e. The van der Waals surface area contributed by atoms with E-state index in [0.717, 1.165) is 19.3 Å². The molecule has 5 nitrogen and oxygen atoms in total. The molecule has 0 fully saturated rings. The maximum Gasteiger partial charge on any atom is 0.262 e. The van der Waals surface area contributed by atoms with E-state index in [1.165, 1.54) is 27.5 Å². The number of carbonyl (C=O) groups excluding carboxylic acids is 1. The molecule has 3 aromatic rings. The monoisotopic (exact) mass is 439 g/mol. The van der Waals surface area contributed by atoms with Crippen molar-refractivity contribution in [3.8, 4) is 0 Å². The van der Waals surface area contributed by atoms with Crippen molar-refractivity contribution in [3.05, 3.63) is 81.6 Å². The lowest BCUT2D eigenvalue weighted by atomic mass is 9.88. The zero-order chi connectivity index (χ0) is 21.1. The number of nitrogens with one attached hydrogen (secondary N) is 1. The fraction of sp³-hybridized carbons (Fsp3) is 0.261. The summed E-state index contributed by atoms with van der Waals surface area (Å²) < 4.78 is 1.54. The summed E-state index contributed by atoms with van der Waals surface area (Å²) in [5.41, 5.74) is 2.86. The van der Waals surface area contributed by atoms with Crippen LogP contribution >= 0.6 is 23.4 Å². The molecule has 2 aromatic carbocycles. The van der Waals surface area contributed by atoms with E-state index < -0.39 is 0 Å². The predicted molar refractivity (Wildman–Crippen MR) is 122 cm³/mol. The summed E-state index contributed by atoms with van der Waals surface area (Å²) in [7, 11) is 0. The molecule has 1 unspecified atom stereocenters. The highest BCUT2D eigenvalue weighted by Crippen LogP contribution is 2.29. The number of aryl methyl sites for hydroxylation is 1. The van der Waals surface area contributed by atoms with Gasteiger partial charge in [0.25, 0.3) is 5.56 Å². The molecule has 1 aliphatic rings. The van der Waals surface area contributed by atoms with Gasteiger partial charge in [0.1, 0.15) is 0 Å². The average molecular weight is 440 g/mol. The first-order valence-corrected chi connectivity index (χ1v) is 11.2. The number of hydrogen-bond donors (Lipinski definition) is 1. The molecule has 1 amide bonds. The van der Waals surface area contributed by atoms with Gasteiger partial charge in [0.2, 0.25) is 5.91 Å². The van der Waals surface area contributed by atoms with E-state index in [-0.39, 0.29) is 23.3 Å². The highest BCUT2D eigenvalue weighted by Gasteiger charge is 2.22. The minimum absolute atomic E-state index is 0.0294. The Morgan fingerprint density at radius 2 is 2.17 bits per heavy atom. The van der Waals surface area contributed by atoms with Crippen LogP contribution in [0.1, 0.15) is 30.0 Å². The molecule has 1 heterocycles. The van der Waals surface area contributed by atoms with Gasteiger partial charge in [0.05, 0.1) is 22.7 Å². The Morgan fingerprint density at radius 3 is 3.00 bits per heavy atom. The quantitative estimate of drug-likeness (QED) is 0.348. The van der Waals surface area contributed by atoms with E-state index >= 15 is 0 Å². The number of nitrogens with zero attached hydrogens (tertiary/aromatic N) is 2. The van der Waals surface area contributed by atoms with Gasteiger partial charge in [-0.15, -0.1) is 6.58 Å². The number of thioether (sulfide) groups is 1. The number of fused-ring (bicyclic) bond motifs is 2. The number of carbonyl (C=O) groups is 1. The third-order valence-electron chi connectivity index (χ3n) is 5.23. The molecular formula is C23H22ClN3O2S. The number of amides is 1. The number of aromatic nitrogens is 2. The van der Waals surface area contributed by atoms with Crippen molar-refractivity contribution >= 4 is 40.2 Å². The second kappa shape index (κ2) is 9.06. The van der Waals surface area contributed by atoms with E-state index in [1.807, 2.05) is 12.1 Å². The first kappa shape index (κ1) is 20.7. The van der Waals surface area contributed by atoms with E-state index in [2.05, 4.69) is 29.0 Å². The molecule has 1 aromatic heterocycles. The number of benzene rings is 2. The lowest BCUT2D eigenvalue weighted by molar-refractivity contribution is -0.119. The van der Waals surface area contributed by atoms with Gasteiger partial charge in [-0.05, 0) is 48.6 Å². The summed E-state index contributed by atoms with van der Waals surface area (Å²) in [6.45, 7) is 4.05. The topological polar surface area (TPSA) is 64.0 Å². The van der Waals surface area contributed by atoms with Gasteiger partial charge in [0, 0.05) is 11.6 Å². The molecule has 1 aliphatic carbocycles. The van der Waals surface area contributed by atoms with Crippen LogP contribution in [0.15, 0.2) is 65.1 Å². The van der Waals surface area contributed by atoms with E-state index in [1.54, 1.807) is 24.3 Å². The normalized spacial score (nSPS) is 15.6. The molecule has 0 saturated carbocycles. The van der Waals surface area contributed by atoms with E-state index in [9.17, 15) is 9.59 Å². The summed E-state index contributed by atoms with van der Waals surface area (Å²) in [5.74, 6) is 0.0983. The zero-order valence-electron chi connectivity index (χ0n) is 16.4. The third kappa shape index (κ3) is 4.30. The predicted octanol–water partition coefficient (Wildman–Crippen LogP) is 4.52. The van der Waals surface area contributed by atoms with E-state index in [0.29, 0.717) is 27.6 Å². The van der Waals surface area contributed by atoms with Gasteiger partial charge in [-0.3, -0.25) is 14.2 Å². The van der Waals surface area contributed by atoms with Crippen LogP contribution in [0.25, 0.3) is 10.9 Å². The van der Waals surface area contributed by atoms with Gasteiger partial charge in [-0.25, -0.2) is 4.98 Å². The summed E-state index contributed by atoms with van der Waals surface area (Å²) in [6, 6.07) is 13.3. The first-order chi connectivity index (χ1) is 14.6. The smallest absolute Gasteiger partial charge is 0.262 e. The van der Waals surface area contributed by atoms with Crippen molar-refractivity contribution in [2.45, 2.75) is 37.0 Å². The van der Waals surface area contributed by atoms with Crippen molar-refractivity contribution in [2.75, 3.05) is 5.75 Å². The summed E-state index contributed by atoms with van der Waals surface area (Å²) >= 11 is 7.31. The molecule has 0 radical (unpaired) electrons. The third-order valence-corrected chi connectivity index (χ3v) is 6.44. The van der Waals surface area contributed by atoms with Crippen LogP contribution in [-0.2, 0) is 17.8 Å². The maximum absolute atomic E-state index is 12.9. The minimum atomic E-state index is -0.166. The minimum Gasteiger partial charge on any atom is -0.349 e. The van der Waals surface area contributed by atoms with Gasteiger partial charge >= 0.3 is 0 Å². The van der Waals surface area contributed by atoms with Crippen LogP contribution in [0.5, 0.6) is 0 Å². The second-order valence-electron chi connectivity index (χ2n) is 7.26. The fourth-order valence-electron chi connectivity index (χ4n) is 3.84. The number of halogens is 1. The fourth-order valence-corrected chi connectivity index (χ4v) is 4.83. The van der Waals surface area contributed by atoms with Crippen LogP contribution in [0.2, 0.25) is 5.02 Å². The summed E-state index contributed by atoms with van der Waals surface area (Å²) in [6.07, 6.45) is 4.69. The molecule has 7 heteroatoms. The Morgan fingerprint density at radius 1 is 1.33 bits per heavy atom. The number of allylic oxidation sites excluding steroid dienone is 1. The Labute approximate surface area is 184 Å². The molecule has 0 aliphatic heterocycles. The Kier molecular flexibility index (Phi) is 6.25. The van der Waals surface area contributed by atoms with Gasteiger partial charge in [0.15, 0.2) is 5.16 Å². The Hall–Kier alpha value is -2.57. The van der Waals surface area contributed by atoms with Gasteiger partial charge in [-0.1, -0.05) is 53.7 Å². The van der Waals surface area contributed by atoms with Gasteiger partial charge in [-0.2, -0.15) is 0 Å². The van der Waals surface area contributed by atoms with Crippen LogP contribution in [0, 0.1) is 0 Å². The zero-order valence-corrected chi connectivity index (χ0v) is 18.0. The molecule has 154 valence electrons. The summed E-state index contributed by atoms with van der Waals surface area (Å²) in [5, 5.41) is 4.63. The molecule has 4 rings (SSSR count). The maximum atomic E-state index is 12.9.